The number of hydrogen-bond acceptors (Lipinski definition) is 1. The molecule has 1 nitrogen and oxygen atoms in total. The topological polar surface area (TPSA) is 17.1 Å². The van der Waals surface area contributed by atoms with Crippen molar-refractivity contribution in [2.75, 3.05) is 0 Å². The molecule has 0 saturated heterocycles. The van der Waals surface area contributed by atoms with E-state index in [4.69, 9.17) is 0 Å². The second-order valence-corrected chi connectivity index (χ2v) is 6.63. The van der Waals surface area contributed by atoms with E-state index in [1.807, 2.05) is 6.07 Å². The number of carbonyl (C=O) groups is 1. The van der Waals surface area contributed by atoms with Crippen molar-refractivity contribution in [3.8, 4) is 0 Å². The van der Waals surface area contributed by atoms with Crippen LogP contribution < -0.4 is 0 Å². The number of benzene rings is 2. The van der Waals surface area contributed by atoms with Gasteiger partial charge in [-0.2, -0.15) is 0 Å². The minimum Gasteiger partial charge on any atom is -0.295 e. The van der Waals surface area contributed by atoms with Crippen molar-refractivity contribution >= 4 is 16.6 Å². The third-order valence-corrected chi connectivity index (χ3v) is 4.68. The Kier molecular flexibility index (Phi) is 7.32. The van der Waals surface area contributed by atoms with Crippen LogP contribution in [0.1, 0.15) is 81.1 Å². The fraction of sp³-hybridized carbons (Fsp3) is 0.500. The molecule has 23 heavy (non-hydrogen) atoms. The van der Waals surface area contributed by atoms with Gasteiger partial charge in [0.05, 0.1) is 0 Å². The van der Waals surface area contributed by atoms with E-state index in [0.717, 1.165) is 12.0 Å². The minimum absolute atomic E-state index is 0.147. The number of Topliss-reactive ketones (excluding diaryl/α,β-unsaturated/α-hetero) is 1. The number of hydrogen-bond donors (Lipinski definition) is 0. The van der Waals surface area contributed by atoms with E-state index in [2.05, 4.69) is 37.3 Å². The SMILES string of the molecule is CCCCCCCCCCc1cccc2ccc(C(C)=O)cc12. The molecule has 0 amide bonds. The summed E-state index contributed by atoms with van der Waals surface area (Å²) in [5, 5.41) is 2.50. The standard InChI is InChI=1S/C22H30O/c1-3-4-5-6-7-8-9-10-12-19-13-11-14-20-15-16-21(18(2)23)17-22(19)20/h11,13-17H,3-10,12H2,1-2H3. The van der Waals surface area contributed by atoms with Crippen LogP contribution in [0.25, 0.3) is 10.8 Å². The molecular weight excluding hydrogens is 280 g/mol. The zero-order valence-electron chi connectivity index (χ0n) is 14.7. The van der Waals surface area contributed by atoms with Crippen molar-refractivity contribution in [2.45, 2.75) is 71.6 Å². The van der Waals surface area contributed by atoms with E-state index in [-0.39, 0.29) is 5.78 Å². The van der Waals surface area contributed by atoms with Gasteiger partial charge in [-0.25, -0.2) is 0 Å². The van der Waals surface area contributed by atoms with Crippen LogP contribution in [0.15, 0.2) is 36.4 Å². The molecule has 0 unspecified atom stereocenters. The van der Waals surface area contributed by atoms with Crippen LogP contribution >= 0.6 is 0 Å². The molecule has 2 aromatic carbocycles. The van der Waals surface area contributed by atoms with E-state index in [1.54, 1.807) is 6.92 Å². The molecule has 2 aromatic rings. The number of aryl methyl sites for hydroxylation is 1. The maximum atomic E-state index is 11.6. The Bertz CT molecular complexity index is 627. The maximum absolute atomic E-state index is 11.6. The summed E-state index contributed by atoms with van der Waals surface area (Å²) in [6, 6.07) is 12.6. The van der Waals surface area contributed by atoms with Crippen molar-refractivity contribution in [1.82, 2.24) is 0 Å². The highest BCUT2D eigenvalue weighted by Gasteiger charge is 2.05. The first-order chi connectivity index (χ1) is 11.2. The molecule has 0 radical (unpaired) electrons. The summed E-state index contributed by atoms with van der Waals surface area (Å²) in [6.07, 6.45) is 11.9. The predicted octanol–water partition coefficient (Wildman–Crippen LogP) is 6.73. The number of fused-ring (bicyclic) bond motifs is 1. The Hall–Kier alpha value is -1.63. The van der Waals surface area contributed by atoms with Gasteiger partial charge in [-0.05, 0) is 42.2 Å². The molecular formula is C22H30O. The fourth-order valence-electron chi connectivity index (χ4n) is 3.22. The molecule has 0 atom stereocenters. The summed E-state index contributed by atoms with van der Waals surface area (Å²) in [5.74, 6) is 0.147. The van der Waals surface area contributed by atoms with Crippen molar-refractivity contribution < 1.29 is 4.79 Å². The summed E-state index contributed by atoms with van der Waals surface area (Å²) >= 11 is 0. The number of carbonyl (C=O) groups excluding carboxylic acids is 1. The van der Waals surface area contributed by atoms with Crippen molar-refractivity contribution in [2.24, 2.45) is 0 Å². The first-order valence-corrected chi connectivity index (χ1v) is 9.25. The molecule has 0 fully saturated rings. The van der Waals surface area contributed by atoms with Gasteiger partial charge in [0.15, 0.2) is 5.78 Å². The lowest BCUT2D eigenvalue weighted by Gasteiger charge is -2.08. The Balaban J connectivity index is 1.87. The fourth-order valence-corrected chi connectivity index (χ4v) is 3.22. The van der Waals surface area contributed by atoms with Crippen LogP contribution in [0.5, 0.6) is 0 Å². The Morgan fingerprint density at radius 1 is 0.870 bits per heavy atom. The Morgan fingerprint density at radius 2 is 1.57 bits per heavy atom. The van der Waals surface area contributed by atoms with Crippen LogP contribution in [-0.2, 0) is 6.42 Å². The zero-order chi connectivity index (χ0) is 16.5. The van der Waals surface area contributed by atoms with Crippen molar-refractivity contribution in [3.63, 3.8) is 0 Å². The first-order valence-electron chi connectivity index (χ1n) is 9.25. The number of ketones is 1. The lowest BCUT2D eigenvalue weighted by atomic mass is 9.97. The van der Waals surface area contributed by atoms with E-state index >= 15 is 0 Å². The smallest absolute Gasteiger partial charge is 0.159 e. The Labute approximate surface area is 141 Å². The third kappa shape index (κ3) is 5.49. The summed E-state index contributed by atoms with van der Waals surface area (Å²) in [5.41, 5.74) is 2.21. The van der Waals surface area contributed by atoms with Gasteiger partial charge in [-0.1, -0.05) is 82.2 Å². The quantitative estimate of drug-likeness (QED) is 0.351. The molecule has 0 aliphatic rings. The van der Waals surface area contributed by atoms with Gasteiger partial charge in [0.25, 0.3) is 0 Å². The van der Waals surface area contributed by atoms with Crippen molar-refractivity contribution in [1.29, 1.82) is 0 Å². The van der Waals surface area contributed by atoms with Crippen LogP contribution in [0.2, 0.25) is 0 Å². The average molecular weight is 310 g/mol. The highest BCUT2D eigenvalue weighted by Crippen LogP contribution is 2.23. The van der Waals surface area contributed by atoms with Crippen molar-refractivity contribution in [3.05, 3.63) is 47.5 Å². The lowest BCUT2D eigenvalue weighted by Crippen LogP contribution is -1.94. The molecule has 0 N–H and O–H groups in total. The van der Waals surface area contributed by atoms with Gasteiger partial charge >= 0.3 is 0 Å². The first kappa shape index (κ1) is 17.7. The molecule has 0 heterocycles. The van der Waals surface area contributed by atoms with E-state index in [9.17, 15) is 4.79 Å². The summed E-state index contributed by atoms with van der Waals surface area (Å²) in [6.45, 7) is 3.91. The molecule has 2 rings (SSSR count). The lowest BCUT2D eigenvalue weighted by molar-refractivity contribution is 0.101. The predicted molar refractivity (Wildman–Crippen MR) is 100 cm³/mol. The van der Waals surface area contributed by atoms with E-state index < -0.39 is 0 Å². The van der Waals surface area contributed by atoms with Gasteiger partial charge in [0.1, 0.15) is 0 Å². The molecule has 0 spiro atoms. The molecule has 0 aliphatic carbocycles. The third-order valence-electron chi connectivity index (χ3n) is 4.68. The molecule has 0 saturated carbocycles. The maximum Gasteiger partial charge on any atom is 0.159 e. The van der Waals surface area contributed by atoms with Gasteiger partial charge in [0.2, 0.25) is 0 Å². The summed E-state index contributed by atoms with van der Waals surface area (Å²) < 4.78 is 0. The monoisotopic (exact) mass is 310 g/mol. The highest BCUT2D eigenvalue weighted by atomic mass is 16.1. The number of rotatable bonds is 10. The van der Waals surface area contributed by atoms with Crippen LogP contribution in [0, 0.1) is 0 Å². The summed E-state index contributed by atoms with van der Waals surface area (Å²) in [4.78, 5) is 11.6. The van der Waals surface area contributed by atoms with Gasteiger partial charge in [-0.15, -0.1) is 0 Å². The highest BCUT2D eigenvalue weighted by molar-refractivity contribution is 5.99. The Morgan fingerprint density at radius 3 is 2.26 bits per heavy atom. The normalized spacial score (nSPS) is 11.0. The number of unbranched alkanes of at least 4 members (excludes halogenated alkanes) is 7. The average Bonchev–Trinajstić information content (AvgIpc) is 2.56. The zero-order valence-corrected chi connectivity index (χ0v) is 14.7. The van der Waals surface area contributed by atoms with Gasteiger partial charge < -0.3 is 0 Å². The molecule has 124 valence electrons. The summed E-state index contributed by atoms with van der Waals surface area (Å²) in [7, 11) is 0. The van der Waals surface area contributed by atoms with Gasteiger partial charge in [-0.3, -0.25) is 4.79 Å². The largest absolute Gasteiger partial charge is 0.295 e. The molecule has 1 heteroatoms. The molecule has 0 aromatic heterocycles. The second-order valence-electron chi connectivity index (χ2n) is 6.63. The molecule has 0 bridgehead atoms. The van der Waals surface area contributed by atoms with E-state index in [0.29, 0.717) is 0 Å². The minimum atomic E-state index is 0.147. The second kappa shape index (κ2) is 9.50. The van der Waals surface area contributed by atoms with Crippen LogP contribution in [0.4, 0.5) is 0 Å². The van der Waals surface area contributed by atoms with Crippen LogP contribution in [0.3, 0.4) is 0 Å². The van der Waals surface area contributed by atoms with E-state index in [1.165, 1.54) is 67.7 Å². The van der Waals surface area contributed by atoms with Gasteiger partial charge in [0, 0.05) is 5.56 Å². The molecule has 0 aliphatic heterocycles. The van der Waals surface area contributed by atoms with Crippen LogP contribution in [-0.4, -0.2) is 5.78 Å².